The topological polar surface area (TPSA) is 54.0 Å². The molecule has 0 saturated carbocycles. The number of fused-ring (bicyclic) bond motifs is 4. The first-order chi connectivity index (χ1) is 13.3. The molecule has 5 heteroatoms. The monoisotopic (exact) mass is 380 g/mol. The van der Waals surface area contributed by atoms with Crippen molar-refractivity contribution in [2.45, 2.75) is 38.4 Å². The second kappa shape index (κ2) is 6.59. The van der Waals surface area contributed by atoms with E-state index in [4.69, 9.17) is 18.9 Å². The predicted octanol–water partition coefficient (Wildman–Crippen LogP) is 4.64. The summed E-state index contributed by atoms with van der Waals surface area (Å²) in [5, 5.41) is 0. The first-order valence-corrected chi connectivity index (χ1v) is 9.32. The van der Waals surface area contributed by atoms with E-state index in [9.17, 15) is 4.79 Å². The number of hydrogen-bond donors (Lipinski definition) is 0. The van der Waals surface area contributed by atoms with Gasteiger partial charge in [-0.25, -0.2) is 0 Å². The average molecular weight is 380 g/mol. The molecule has 0 aliphatic carbocycles. The van der Waals surface area contributed by atoms with Crippen LogP contribution in [0.2, 0.25) is 0 Å². The fourth-order valence-electron chi connectivity index (χ4n) is 3.74. The lowest BCUT2D eigenvalue weighted by atomic mass is 9.81. The SMILES string of the molecule is C=Cc1c(OC(C)(C)C)ccc2c1OC1COc3ccc(OC)cc3C1C2=O. The molecule has 0 saturated heterocycles. The van der Waals surface area contributed by atoms with E-state index in [0.717, 1.165) is 5.56 Å². The van der Waals surface area contributed by atoms with E-state index < -0.39 is 12.0 Å². The summed E-state index contributed by atoms with van der Waals surface area (Å²) in [6.45, 7) is 10.1. The van der Waals surface area contributed by atoms with Gasteiger partial charge in [-0.15, -0.1) is 0 Å². The molecule has 0 radical (unpaired) electrons. The smallest absolute Gasteiger partial charge is 0.178 e. The van der Waals surface area contributed by atoms with Crippen LogP contribution in [-0.2, 0) is 0 Å². The van der Waals surface area contributed by atoms with E-state index in [-0.39, 0.29) is 11.4 Å². The molecule has 28 heavy (non-hydrogen) atoms. The number of carbonyl (C=O) groups is 1. The fourth-order valence-corrected chi connectivity index (χ4v) is 3.74. The molecule has 4 rings (SSSR count). The van der Waals surface area contributed by atoms with E-state index in [0.29, 0.717) is 40.7 Å². The van der Waals surface area contributed by atoms with E-state index in [1.54, 1.807) is 19.3 Å². The number of rotatable bonds is 3. The largest absolute Gasteiger partial charge is 0.497 e. The lowest BCUT2D eigenvalue weighted by Crippen LogP contribution is -2.43. The molecular formula is C23H24O5. The Morgan fingerprint density at radius 2 is 2.00 bits per heavy atom. The van der Waals surface area contributed by atoms with Crippen molar-refractivity contribution in [3.05, 3.63) is 53.6 Å². The lowest BCUT2D eigenvalue weighted by molar-refractivity contribution is 0.0554. The molecule has 146 valence electrons. The van der Waals surface area contributed by atoms with Crippen molar-refractivity contribution in [3.8, 4) is 23.0 Å². The number of Topliss-reactive ketones (excluding diaryl/α,β-unsaturated/α-hetero) is 1. The van der Waals surface area contributed by atoms with Crippen LogP contribution in [0.5, 0.6) is 23.0 Å². The molecular weight excluding hydrogens is 356 g/mol. The quantitative estimate of drug-likeness (QED) is 0.777. The maximum absolute atomic E-state index is 13.4. The van der Waals surface area contributed by atoms with Crippen LogP contribution in [0.3, 0.4) is 0 Å². The highest BCUT2D eigenvalue weighted by atomic mass is 16.5. The third kappa shape index (κ3) is 3.01. The molecule has 0 amide bonds. The third-order valence-electron chi connectivity index (χ3n) is 4.92. The normalized spacial score (nSPS) is 20.1. The zero-order valence-corrected chi connectivity index (χ0v) is 16.6. The number of benzene rings is 2. The van der Waals surface area contributed by atoms with E-state index in [2.05, 4.69) is 6.58 Å². The van der Waals surface area contributed by atoms with Gasteiger partial charge in [0.2, 0.25) is 0 Å². The van der Waals surface area contributed by atoms with Crippen molar-refractivity contribution in [1.29, 1.82) is 0 Å². The van der Waals surface area contributed by atoms with Gasteiger partial charge in [0.15, 0.2) is 5.78 Å². The van der Waals surface area contributed by atoms with Gasteiger partial charge < -0.3 is 18.9 Å². The molecule has 5 nitrogen and oxygen atoms in total. The molecule has 2 aliphatic heterocycles. The van der Waals surface area contributed by atoms with Crippen LogP contribution in [-0.4, -0.2) is 31.2 Å². The van der Waals surface area contributed by atoms with Gasteiger partial charge in [0.1, 0.15) is 41.3 Å². The Bertz CT molecular complexity index is 954. The molecule has 2 atom stereocenters. The van der Waals surface area contributed by atoms with Gasteiger partial charge in [0.25, 0.3) is 0 Å². The summed E-state index contributed by atoms with van der Waals surface area (Å²) in [5.41, 5.74) is 1.64. The molecule has 0 N–H and O–H groups in total. The van der Waals surface area contributed by atoms with Gasteiger partial charge in [0.05, 0.1) is 24.2 Å². The first kappa shape index (κ1) is 18.4. The van der Waals surface area contributed by atoms with Crippen molar-refractivity contribution in [2.75, 3.05) is 13.7 Å². The van der Waals surface area contributed by atoms with Crippen LogP contribution in [0.4, 0.5) is 0 Å². The summed E-state index contributed by atoms with van der Waals surface area (Å²) in [6.07, 6.45) is 1.26. The van der Waals surface area contributed by atoms with Crippen LogP contribution < -0.4 is 18.9 Å². The van der Waals surface area contributed by atoms with Crippen molar-refractivity contribution in [1.82, 2.24) is 0 Å². The number of methoxy groups -OCH3 is 1. The molecule has 0 spiro atoms. The Labute approximate surface area is 164 Å². The zero-order chi connectivity index (χ0) is 20.1. The van der Waals surface area contributed by atoms with Crippen LogP contribution in [0.25, 0.3) is 6.08 Å². The fraction of sp³-hybridized carbons (Fsp3) is 0.348. The average Bonchev–Trinajstić information content (AvgIpc) is 2.65. The molecule has 0 fully saturated rings. The zero-order valence-electron chi connectivity index (χ0n) is 16.6. The van der Waals surface area contributed by atoms with Gasteiger partial charge in [-0.1, -0.05) is 12.7 Å². The van der Waals surface area contributed by atoms with Crippen molar-refractivity contribution >= 4 is 11.9 Å². The van der Waals surface area contributed by atoms with E-state index >= 15 is 0 Å². The van der Waals surface area contributed by atoms with E-state index in [1.807, 2.05) is 45.0 Å². The Morgan fingerprint density at radius 1 is 1.21 bits per heavy atom. The summed E-state index contributed by atoms with van der Waals surface area (Å²) in [6, 6.07) is 9.10. The lowest BCUT2D eigenvalue weighted by Gasteiger charge is -2.38. The third-order valence-corrected chi connectivity index (χ3v) is 4.92. The highest BCUT2D eigenvalue weighted by Crippen LogP contribution is 2.47. The minimum atomic E-state index is -0.432. The van der Waals surface area contributed by atoms with Gasteiger partial charge in [-0.2, -0.15) is 0 Å². The maximum atomic E-state index is 13.4. The molecule has 2 unspecified atom stereocenters. The van der Waals surface area contributed by atoms with E-state index in [1.165, 1.54) is 0 Å². The number of ether oxygens (including phenoxy) is 4. The summed E-state index contributed by atoms with van der Waals surface area (Å²) >= 11 is 0. The second-order valence-electron chi connectivity index (χ2n) is 7.99. The predicted molar refractivity (Wildman–Crippen MR) is 107 cm³/mol. The molecule has 0 bridgehead atoms. The summed E-state index contributed by atoms with van der Waals surface area (Å²) in [7, 11) is 1.60. The van der Waals surface area contributed by atoms with Crippen LogP contribution in [0.15, 0.2) is 36.9 Å². The summed E-state index contributed by atoms with van der Waals surface area (Å²) < 4.78 is 23.5. The first-order valence-electron chi connectivity index (χ1n) is 9.32. The van der Waals surface area contributed by atoms with Gasteiger partial charge in [-0.3, -0.25) is 4.79 Å². The molecule has 2 aromatic carbocycles. The maximum Gasteiger partial charge on any atom is 0.178 e. The van der Waals surface area contributed by atoms with Crippen molar-refractivity contribution in [2.24, 2.45) is 0 Å². The molecule has 2 aromatic rings. The van der Waals surface area contributed by atoms with Crippen LogP contribution in [0.1, 0.15) is 48.2 Å². The van der Waals surface area contributed by atoms with Gasteiger partial charge in [-0.05, 0) is 51.1 Å². The summed E-state index contributed by atoms with van der Waals surface area (Å²) in [4.78, 5) is 13.4. The van der Waals surface area contributed by atoms with Crippen LogP contribution >= 0.6 is 0 Å². The van der Waals surface area contributed by atoms with Crippen molar-refractivity contribution in [3.63, 3.8) is 0 Å². The van der Waals surface area contributed by atoms with Gasteiger partial charge >= 0.3 is 0 Å². The highest BCUT2D eigenvalue weighted by Gasteiger charge is 2.44. The van der Waals surface area contributed by atoms with Crippen LogP contribution in [0, 0.1) is 0 Å². The molecule has 0 aromatic heterocycles. The minimum absolute atomic E-state index is 0.00876. The Hall–Kier alpha value is -2.95. The van der Waals surface area contributed by atoms with Crippen molar-refractivity contribution < 1.29 is 23.7 Å². The minimum Gasteiger partial charge on any atom is -0.497 e. The Kier molecular flexibility index (Phi) is 4.33. The number of carbonyl (C=O) groups excluding carboxylic acids is 1. The number of hydrogen-bond acceptors (Lipinski definition) is 5. The standard InChI is InChI=1S/C23H24O5/c1-6-14-18(28-23(2,3)4)10-8-15-21(24)20-16-11-13(25-5)7-9-17(16)26-12-19(20)27-22(14)15/h6-11,19-20H,1,12H2,2-5H3. The van der Waals surface area contributed by atoms with Gasteiger partial charge in [0, 0.05) is 5.56 Å². The molecule has 2 aliphatic rings. The highest BCUT2D eigenvalue weighted by molar-refractivity contribution is 6.06. The number of ketones is 1. The summed E-state index contributed by atoms with van der Waals surface area (Å²) in [5.74, 6) is 2.11. The molecule has 2 heterocycles. The Balaban J connectivity index is 1.80. The second-order valence-corrected chi connectivity index (χ2v) is 7.99. The Morgan fingerprint density at radius 3 is 2.68 bits per heavy atom.